The van der Waals surface area contributed by atoms with Crippen LogP contribution in [0.5, 0.6) is 0 Å². The van der Waals surface area contributed by atoms with E-state index in [-0.39, 0.29) is 0 Å². The second-order valence-corrected chi connectivity index (χ2v) is 3.48. The van der Waals surface area contributed by atoms with Gasteiger partial charge in [0.1, 0.15) is 5.60 Å². The van der Waals surface area contributed by atoms with E-state index in [1.807, 2.05) is 22.6 Å². The van der Waals surface area contributed by atoms with Crippen molar-refractivity contribution in [2.45, 2.75) is 31.8 Å². The molecule has 0 amide bonds. The van der Waals surface area contributed by atoms with Gasteiger partial charge in [-0.15, -0.1) is 0 Å². The molecule has 2 heteroatoms. The Balaban J connectivity index is 2.72. The zero-order valence-corrected chi connectivity index (χ0v) is 8.18. The molecule has 56 valence electrons. The van der Waals surface area contributed by atoms with Crippen LogP contribution in [-0.2, 0) is 0 Å². The molecule has 1 fully saturated rings. The van der Waals surface area contributed by atoms with Crippen molar-refractivity contribution in [2.75, 3.05) is 0 Å². The summed E-state index contributed by atoms with van der Waals surface area (Å²) >= 11 is 1.98. The second kappa shape index (κ2) is 3.10. The topological polar surface area (TPSA) is 20.2 Å². The molecule has 1 saturated carbocycles. The minimum absolute atomic E-state index is 0.356. The van der Waals surface area contributed by atoms with E-state index in [1.165, 1.54) is 0 Å². The van der Waals surface area contributed by atoms with Gasteiger partial charge >= 0.3 is 0 Å². The number of rotatable bonds is 0. The lowest BCUT2D eigenvalue weighted by atomic mass is 9.94. The first-order valence-corrected chi connectivity index (χ1v) is 4.62. The van der Waals surface area contributed by atoms with Gasteiger partial charge in [-0.2, -0.15) is 0 Å². The predicted octanol–water partition coefficient (Wildman–Crippen LogP) is 1.93. The van der Waals surface area contributed by atoms with E-state index in [4.69, 9.17) is 0 Å². The fourth-order valence-electron chi connectivity index (χ4n) is 1.43. The molecule has 0 unspecified atom stereocenters. The van der Waals surface area contributed by atoms with E-state index in [1.54, 1.807) is 0 Å². The Morgan fingerprint density at radius 1 is 1.70 bits per heavy atom. The molecule has 10 heavy (non-hydrogen) atoms. The van der Waals surface area contributed by atoms with Gasteiger partial charge in [-0.1, -0.05) is 12.8 Å². The molecule has 1 rings (SSSR count). The molecule has 0 radical (unpaired) electrons. The van der Waals surface area contributed by atoms with E-state index in [0.717, 1.165) is 19.3 Å². The van der Waals surface area contributed by atoms with Crippen molar-refractivity contribution in [1.82, 2.24) is 0 Å². The maximum Gasteiger partial charge on any atom is 0.128 e. The van der Waals surface area contributed by atoms with Gasteiger partial charge in [-0.3, -0.25) is 0 Å². The third kappa shape index (κ3) is 1.46. The van der Waals surface area contributed by atoms with Gasteiger partial charge < -0.3 is 5.11 Å². The zero-order valence-electron chi connectivity index (χ0n) is 6.02. The van der Waals surface area contributed by atoms with Crippen molar-refractivity contribution in [3.63, 3.8) is 0 Å². The van der Waals surface area contributed by atoms with Crippen LogP contribution in [-0.4, -0.2) is 10.7 Å². The van der Waals surface area contributed by atoms with Crippen molar-refractivity contribution in [3.8, 4) is 9.85 Å². The van der Waals surface area contributed by atoms with Gasteiger partial charge in [0.2, 0.25) is 0 Å². The molecule has 1 aliphatic rings. The highest BCUT2D eigenvalue weighted by Gasteiger charge is 2.36. The Morgan fingerprint density at radius 3 is 2.80 bits per heavy atom. The van der Waals surface area contributed by atoms with Gasteiger partial charge in [0, 0.05) is 22.6 Å². The van der Waals surface area contributed by atoms with E-state index >= 15 is 0 Å². The molecular formula is C8H11IO. The molecule has 0 spiro atoms. The Bertz CT molecular complexity index is 179. The van der Waals surface area contributed by atoms with Crippen molar-refractivity contribution >= 4 is 22.6 Å². The van der Waals surface area contributed by atoms with Crippen LogP contribution in [0.4, 0.5) is 0 Å². The maximum absolute atomic E-state index is 9.78. The van der Waals surface area contributed by atoms with Gasteiger partial charge in [-0.05, 0) is 29.1 Å². The first-order valence-electron chi connectivity index (χ1n) is 3.54. The van der Waals surface area contributed by atoms with Gasteiger partial charge in [0.05, 0.1) is 0 Å². The SMILES string of the molecule is C[C@H]1CCC[C@]1(O)C#CI. The quantitative estimate of drug-likeness (QED) is 0.514. The highest BCUT2D eigenvalue weighted by Crippen LogP contribution is 2.34. The molecule has 0 bridgehead atoms. The average molecular weight is 250 g/mol. The van der Waals surface area contributed by atoms with Crippen LogP contribution < -0.4 is 0 Å². The molecule has 2 atom stereocenters. The summed E-state index contributed by atoms with van der Waals surface area (Å²) in [6, 6.07) is 0. The largest absolute Gasteiger partial charge is 0.377 e. The summed E-state index contributed by atoms with van der Waals surface area (Å²) in [7, 11) is 0. The number of halogens is 1. The smallest absolute Gasteiger partial charge is 0.128 e. The molecule has 0 aromatic rings. The molecule has 0 aromatic carbocycles. The first-order chi connectivity index (χ1) is 4.69. The van der Waals surface area contributed by atoms with E-state index in [0.29, 0.717) is 5.92 Å². The molecule has 0 aliphatic heterocycles. The summed E-state index contributed by atoms with van der Waals surface area (Å²) in [5, 5.41) is 9.78. The fourth-order valence-corrected chi connectivity index (χ4v) is 1.90. The lowest BCUT2D eigenvalue weighted by Gasteiger charge is -2.19. The summed E-state index contributed by atoms with van der Waals surface area (Å²) < 4.78 is 2.75. The Morgan fingerprint density at radius 2 is 2.40 bits per heavy atom. The molecule has 1 N–H and O–H groups in total. The lowest BCUT2D eigenvalue weighted by molar-refractivity contribution is 0.0689. The summed E-state index contributed by atoms with van der Waals surface area (Å²) in [4.78, 5) is 0. The van der Waals surface area contributed by atoms with Crippen molar-refractivity contribution in [3.05, 3.63) is 0 Å². The normalized spacial score (nSPS) is 38.9. The number of aliphatic hydroxyl groups is 1. The Labute approximate surface area is 75.3 Å². The molecule has 1 aliphatic carbocycles. The minimum atomic E-state index is -0.665. The molecule has 0 heterocycles. The van der Waals surface area contributed by atoms with Gasteiger partial charge in [0.25, 0.3) is 0 Å². The maximum atomic E-state index is 9.78. The second-order valence-electron chi connectivity index (χ2n) is 2.94. The molecule has 0 aromatic heterocycles. The van der Waals surface area contributed by atoms with Gasteiger partial charge in [0.15, 0.2) is 0 Å². The standard InChI is InChI=1S/C8H11IO/c1-7-3-2-4-8(7,10)5-6-9/h7,10H,2-4H2,1H3/t7-,8-/m0/s1. The lowest BCUT2D eigenvalue weighted by Crippen LogP contribution is -2.28. The Hall–Kier alpha value is 0.250. The van der Waals surface area contributed by atoms with Gasteiger partial charge in [-0.25, -0.2) is 0 Å². The summed E-state index contributed by atoms with van der Waals surface area (Å²) in [5.41, 5.74) is -0.665. The van der Waals surface area contributed by atoms with Crippen LogP contribution in [0.25, 0.3) is 0 Å². The Kier molecular flexibility index (Phi) is 2.59. The van der Waals surface area contributed by atoms with Crippen molar-refractivity contribution < 1.29 is 5.11 Å². The van der Waals surface area contributed by atoms with E-state index in [2.05, 4.69) is 16.8 Å². The van der Waals surface area contributed by atoms with Crippen LogP contribution in [0.15, 0.2) is 0 Å². The molecule has 1 nitrogen and oxygen atoms in total. The van der Waals surface area contributed by atoms with Crippen LogP contribution in [0.3, 0.4) is 0 Å². The molecule has 0 saturated heterocycles. The van der Waals surface area contributed by atoms with Crippen LogP contribution in [0.1, 0.15) is 26.2 Å². The number of hydrogen-bond acceptors (Lipinski definition) is 1. The minimum Gasteiger partial charge on any atom is -0.377 e. The predicted molar refractivity (Wildman–Crippen MR) is 49.8 cm³/mol. The van der Waals surface area contributed by atoms with E-state index < -0.39 is 5.60 Å². The third-order valence-corrected chi connectivity index (χ3v) is 2.54. The van der Waals surface area contributed by atoms with Crippen molar-refractivity contribution in [2.24, 2.45) is 5.92 Å². The first kappa shape index (κ1) is 8.35. The summed E-state index contributed by atoms with van der Waals surface area (Å²) in [6.07, 6.45) is 3.08. The number of hydrogen-bond donors (Lipinski definition) is 1. The summed E-state index contributed by atoms with van der Waals surface area (Å²) in [5.74, 6) is 3.22. The zero-order chi connectivity index (χ0) is 7.61. The van der Waals surface area contributed by atoms with Crippen LogP contribution >= 0.6 is 22.6 Å². The monoisotopic (exact) mass is 250 g/mol. The molecular weight excluding hydrogens is 239 g/mol. The highest BCUT2D eigenvalue weighted by atomic mass is 127. The van der Waals surface area contributed by atoms with Crippen LogP contribution in [0.2, 0.25) is 0 Å². The van der Waals surface area contributed by atoms with Crippen molar-refractivity contribution in [1.29, 1.82) is 0 Å². The summed E-state index contributed by atoms with van der Waals surface area (Å²) in [6.45, 7) is 2.06. The van der Waals surface area contributed by atoms with E-state index in [9.17, 15) is 5.11 Å². The fraction of sp³-hybridized carbons (Fsp3) is 0.750. The third-order valence-electron chi connectivity index (χ3n) is 2.27. The van der Waals surface area contributed by atoms with Crippen LogP contribution in [0, 0.1) is 15.8 Å². The average Bonchev–Trinajstić information content (AvgIpc) is 2.15. The highest BCUT2D eigenvalue weighted by molar-refractivity contribution is 14.1.